The predicted molar refractivity (Wildman–Crippen MR) is 158 cm³/mol. The number of hydrogen-bond donors (Lipinski definition) is 2. The predicted octanol–water partition coefficient (Wildman–Crippen LogP) is 3.13. The molecule has 0 aromatic heterocycles. The lowest BCUT2D eigenvalue weighted by Crippen LogP contribution is -2.30. The fourth-order valence-electron chi connectivity index (χ4n) is 3.92. The average Bonchev–Trinajstić information content (AvgIpc) is 3.04. The van der Waals surface area contributed by atoms with E-state index in [1.807, 2.05) is 24.3 Å². The molecular weight excluding hydrogens is 556 g/mol. The van der Waals surface area contributed by atoms with Gasteiger partial charge in [0.15, 0.2) is 0 Å². The molecule has 0 saturated heterocycles. The maximum absolute atomic E-state index is 12.6. The maximum atomic E-state index is 12.6. The number of amides is 2. The van der Waals surface area contributed by atoms with Crippen LogP contribution in [-0.4, -0.2) is 91.0 Å². The summed E-state index contributed by atoms with van der Waals surface area (Å²) in [6, 6.07) is 21.0. The quantitative estimate of drug-likeness (QED) is 0.404. The van der Waals surface area contributed by atoms with Gasteiger partial charge in [-0.15, -0.1) is 0 Å². The van der Waals surface area contributed by atoms with Crippen molar-refractivity contribution >= 4 is 11.8 Å². The van der Waals surface area contributed by atoms with Crippen molar-refractivity contribution in [1.29, 1.82) is 0 Å². The van der Waals surface area contributed by atoms with Crippen LogP contribution in [0, 0.1) is 0 Å². The van der Waals surface area contributed by atoms with Crippen LogP contribution in [0.25, 0.3) is 0 Å². The molecule has 11 nitrogen and oxygen atoms in total. The molecule has 0 saturated carbocycles. The van der Waals surface area contributed by atoms with Crippen LogP contribution in [0.2, 0.25) is 0 Å². The Kier molecular flexibility index (Phi) is 13.4. The molecule has 6 bridgehead atoms. The van der Waals surface area contributed by atoms with E-state index in [4.69, 9.17) is 33.2 Å². The van der Waals surface area contributed by atoms with Gasteiger partial charge in [-0.05, 0) is 66.7 Å². The third kappa shape index (κ3) is 11.8. The number of benzene rings is 3. The molecule has 4 heterocycles. The summed E-state index contributed by atoms with van der Waals surface area (Å²) >= 11 is 0. The molecule has 4 aliphatic heterocycles. The van der Waals surface area contributed by atoms with Gasteiger partial charge in [-0.25, -0.2) is 0 Å². The third-order valence-corrected chi connectivity index (χ3v) is 6.08. The summed E-state index contributed by atoms with van der Waals surface area (Å²) in [5.74, 6) is 2.12. The van der Waals surface area contributed by atoms with E-state index in [2.05, 4.69) is 10.6 Å². The molecule has 2 N–H and O–H groups in total. The Morgan fingerprint density at radius 1 is 0.419 bits per heavy atom. The van der Waals surface area contributed by atoms with E-state index in [1.165, 1.54) is 0 Å². The third-order valence-electron chi connectivity index (χ3n) is 6.08. The van der Waals surface area contributed by atoms with Gasteiger partial charge in [-0.1, -0.05) is 6.07 Å². The molecule has 7 rings (SSSR count). The molecule has 0 radical (unpaired) electrons. The molecule has 0 spiro atoms. The zero-order chi connectivity index (χ0) is 30.0. The molecule has 0 fully saturated rings. The van der Waals surface area contributed by atoms with Crippen molar-refractivity contribution in [2.45, 2.75) is 0 Å². The van der Waals surface area contributed by atoms with Crippen LogP contribution in [0.5, 0.6) is 23.0 Å². The van der Waals surface area contributed by atoms with Crippen molar-refractivity contribution in [3.05, 3.63) is 83.9 Å². The Morgan fingerprint density at radius 3 is 1.12 bits per heavy atom. The molecule has 3 aromatic rings. The van der Waals surface area contributed by atoms with Crippen LogP contribution in [-0.2, 0) is 14.2 Å². The zero-order valence-electron chi connectivity index (χ0n) is 24.1. The highest BCUT2D eigenvalue weighted by atomic mass is 16.6. The number of nitrogens with one attached hydrogen (secondary N) is 2. The molecule has 3 aromatic carbocycles. The normalized spacial score (nSPS) is 17.1. The molecule has 230 valence electrons. The summed E-state index contributed by atoms with van der Waals surface area (Å²) in [6.45, 7) is 4.74. The summed E-state index contributed by atoms with van der Waals surface area (Å²) < 4.78 is 39.4. The monoisotopic (exact) mass is 594 g/mol. The first kappa shape index (κ1) is 31.6. The van der Waals surface area contributed by atoms with E-state index < -0.39 is 0 Å². The molecule has 2 amide bonds. The lowest BCUT2D eigenvalue weighted by atomic mass is 10.1. The van der Waals surface area contributed by atoms with E-state index in [1.54, 1.807) is 48.5 Å². The van der Waals surface area contributed by atoms with Crippen molar-refractivity contribution in [1.82, 2.24) is 10.6 Å². The largest absolute Gasteiger partial charge is 0.492 e. The fourth-order valence-corrected chi connectivity index (χ4v) is 3.92. The van der Waals surface area contributed by atoms with Crippen LogP contribution in [0.4, 0.5) is 0 Å². The van der Waals surface area contributed by atoms with E-state index in [9.17, 15) is 9.59 Å². The second-order valence-electron chi connectivity index (χ2n) is 9.27. The van der Waals surface area contributed by atoms with E-state index in [0.29, 0.717) is 100 Å². The van der Waals surface area contributed by atoms with E-state index >= 15 is 0 Å². The van der Waals surface area contributed by atoms with Crippen molar-refractivity contribution < 1.29 is 42.7 Å². The topological polar surface area (TPSA) is 123 Å². The first-order valence-electron chi connectivity index (χ1n) is 14.3. The minimum atomic E-state index is -0.295. The van der Waals surface area contributed by atoms with Gasteiger partial charge in [0.1, 0.15) is 49.4 Å². The highest BCUT2D eigenvalue weighted by molar-refractivity contribution is 5.99. The van der Waals surface area contributed by atoms with Gasteiger partial charge in [0.05, 0.1) is 52.7 Å². The molecule has 4 aliphatic rings. The second kappa shape index (κ2) is 18.3. The average molecular weight is 595 g/mol. The van der Waals surface area contributed by atoms with Crippen molar-refractivity contribution in [3.8, 4) is 23.0 Å². The summed E-state index contributed by atoms with van der Waals surface area (Å²) in [5.41, 5.74) is 0.765. The minimum absolute atomic E-state index is 0.282. The molecule has 0 aliphatic carbocycles. The van der Waals surface area contributed by atoms with Crippen LogP contribution in [0.3, 0.4) is 0 Å². The Labute approximate surface area is 251 Å². The van der Waals surface area contributed by atoms with Gasteiger partial charge in [0.2, 0.25) is 0 Å². The van der Waals surface area contributed by atoms with Crippen LogP contribution < -0.4 is 29.6 Å². The van der Waals surface area contributed by atoms with Crippen molar-refractivity contribution in [3.63, 3.8) is 0 Å². The van der Waals surface area contributed by atoms with Gasteiger partial charge >= 0.3 is 0 Å². The highest BCUT2D eigenvalue weighted by Gasteiger charge is 2.10. The first-order chi connectivity index (χ1) is 21.2. The number of ether oxygens (including phenoxy) is 7. The molecular formula is C32H38N2O9. The molecule has 43 heavy (non-hydrogen) atoms. The standard InChI is InChI=1S/C32H38N2O9/c35-31-25-2-1-3-26(24-25)32(36)34-13-15-41-28-6-10-30(11-7-28)43-23-21-39-19-17-37-16-18-38-20-22-42-29-8-4-27(5-9-29)40-14-12-33-31/h1-11,24H,12-23H2,(H,33,35)(H,34,36). The summed E-state index contributed by atoms with van der Waals surface area (Å²) in [5, 5.41) is 5.62. The van der Waals surface area contributed by atoms with Crippen molar-refractivity contribution in [2.75, 3.05) is 79.2 Å². The smallest absolute Gasteiger partial charge is 0.251 e. The van der Waals surface area contributed by atoms with Gasteiger partial charge in [0.25, 0.3) is 11.8 Å². The Morgan fingerprint density at radius 2 is 0.744 bits per heavy atom. The lowest BCUT2D eigenvalue weighted by Gasteiger charge is -2.11. The fraction of sp³-hybridized carbons (Fsp3) is 0.375. The molecule has 0 unspecified atom stereocenters. The van der Waals surface area contributed by atoms with E-state index in [-0.39, 0.29) is 25.0 Å². The van der Waals surface area contributed by atoms with Crippen LogP contribution in [0.1, 0.15) is 20.7 Å². The molecule has 0 atom stereocenters. The molecule has 11 heteroatoms. The van der Waals surface area contributed by atoms with Crippen LogP contribution in [0.15, 0.2) is 72.8 Å². The van der Waals surface area contributed by atoms with Crippen molar-refractivity contribution in [2.24, 2.45) is 0 Å². The second-order valence-corrected chi connectivity index (χ2v) is 9.27. The first-order valence-corrected chi connectivity index (χ1v) is 14.3. The summed E-state index contributed by atoms with van der Waals surface area (Å²) in [7, 11) is 0. The van der Waals surface area contributed by atoms with Crippen LogP contribution >= 0.6 is 0 Å². The number of carbonyl (C=O) groups is 2. The Hall–Kier alpha value is -4.32. The lowest BCUT2D eigenvalue weighted by molar-refractivity contribution is 0.00498. The van der Waals surface area contributed by atoms with E-state index in [0.717, 1.165) is 0 Å². The highest BCUT2D eigenvalue weighted by Crippen LogP contribution is 2.18. The van der Waals surface area contributed by atoms with Gasteiger partial charge < -0.3 is 43.8 Å². The van der Waals surface area contributed by atoms with Gasteiger partial charge in [-0.3, -0.25) is 9.59 Å². The number of hydrogen-bond acceptors (Lipinski definition) is 9. The minimum Gasteiger partial charge on any atom is -0.492 e. The number of rotatable bonds is 0. The Bertz CT molecular complexity index is 1160. The zero-order valence-corrected chi connectivity index (χ0v) is 24.1. The number of carbonyl (C=O) groups excluding carboxylic acids is 2. The Balaban J connectivity index is 1.26. The van der Waals surface area contributed by atoms with Gasteiger partial charge in [0, 0.05) is 11.1 Å². The van der Waals surface area contributed by atoms with Gasteiger partial charge in [-0.2, -0.15) is 0 Å². The maximum Gasteiger partial charge on any atom is 0.251 e. The summed E-state index contributed by atoms with van der Waals surface area (Å²) in [6.07, 6.45) is 0. The SMILES string of the molecule is O=C1NCCOc2ccc(cc2)OCCOCCOCCOCCOc2ccc(cc2)OCCNC(=O)c2cccc1c2. The summed E-state index contributed by atoms with van der Waals surface area (Å²) in [4.78, 5) is 25.2.